The molecular formula is C17H15ClN2O3. The highest BCUT2D eigenvalue weighted by Crippen LogP contribution is 2.34. The van der Waals surface area contributed by atoms with Crippen LogP contribution in [0.1, 0.15) is 17.3 Å². The van der Waals surface area contributed by atoms with Crippen molar-refractivity contribution < 1.29 is 14.3 Å². The predicted octanol–water partition coefficient (Wildman–Crippen LogP) is 3.34. The van der Waals surface area contributed by atoms with Crippen molar-refractivity contribution in [3.8, 4) is 5.75 Å². The Morgan fingerprint density at radius 3 is 2.61 bits per heavy atom. The Bertz CT molecular complexity index is 774. The van der Waals surface area contributed by atoms with Gasteiger partial charge in [0, 0.05) is 23.3 Å². The second-order valence-electron chi connectivity index (χ2n) is 5.30. The van der Waals surface area contributed by atoms with Crippen LogP contribution in [0.4, 0.5) is 11.4 Å². The van der Waals surface area contributed by atoms with Crippen molar-refractivity contribution in [1.82, 2.24) is 0 Å². The van der Waals surface area contributed by atoms with Gasteiger partial charge in [0.2, 0.25) is 0 Å². The van der Waals surface area contributed by atoms with E-state index in [0.29, 0.717) is 27.7 Å². The summed E-state index contributed by atoms with van der Waals surface area (Å²) < 4.78 is 5.58. The van der Waals surface area contributed by atoms with Gasteiger partial charge in [0.1, 0.15) is 5.75 Å². The molecule has 0 aliphatic carbocycles. The van der Waals surface area contributed by atoms with Gasteiger partial charge in [-0.3, -0.25) is 9.59 Å². The quantitative estimate of drug-likeness (QED) is 0.918. The van der Waals surface area contributed by atoms with Crippen LogP contribution < -0.4 is 15.0 Å². The van der Waals surface area contributed by atoms with Gasteiger partial charge in [-0.05, 0) is 49.4 Å². The molecule has 5 nitrogen and oxygen atoms in total. The first-order valence-electron chi connectivity index (χ1n) is 7.11. The topological polar surface area (TPSA) is 58.6 Å². The summed E-state index contributed by atoms with van der Waals surface area (Å²) >= 11 is 5.82. The second-order valence-corrected chi connectivity index (χ2v) is 5.74. The summed E-state index contributed by atoms with van der Waals surface area (Å²) in [5, 5.41) is 3.39. The average Bonchev–Trinajstić information content (AvgIpc) is 2.54. The number of fused-ring (bicyclic) bond motifs is 1. The molecule has 0 aromatic heterocycles. The molecule has 3 rings (SSSR count). The summed E-state index contributed by atoms with van der Waals surface area (Å²) in [5.41, 5.74) is 1.75. The average molecular weight is 331 g/mol. The van der Waals surface area contributed by atoms with E-state index in [4.69, 9.17) is 16.3 Å². The first-order chi connectivity index (χ1) is 11.0. The van der Waals surface area contributed by atoms with Gasteiger partial charge in [0.25, 0.3) is 11.8 Å². The van der Waals surface area contributed by atoms with Gasteiger partial charge < -0.3 is 15.0 Å². The molecule has 0 saturated carbocycles. The maximum Gasteiger partial charge on any atom is 0.267 e. The molecule has 23 heavy (non-hydrogen) atoms. The van der Waals surface area contributed by atoms with Gasteiger partial charge in [-0.1, -0.05) is 11.6 Å². The number of halogens is 1. The number of benzene rings is 2. The molecule has 0 spiro atoms. The number of hydrogen-bond donors (Lipinski definition) is 1. The molecule has 2 amide bonds. The Morgan fingerprint density at radius 2 is 1.91 bits per heavy atom. The van der Waals surface area contributed by atoms with Crippen molar-refractivity contribution in [2.24, 2.45) is 0 Å². The van der Waals surface area contributed by atoms with Gasteiger partial charge in [-0.2, -0.15) is 0 Å². The summed E-state index contributed by atoms with van der Waals surface area (Å²) in [7, 11) is 1.69. The van der Waals surface area contributed by atoms with E-state index in [0.717, 1.165) is 0 Å². The van der Waals surface area contributed by atoms with E-state index in [1.807, 2.05) is 0 Å². The second kappa shape index (κ2) is 5.93. The Hall–Kier alpha value is -2.53. The summed E-state index contributed by atoms with van der Waals surface area (Å²) in [4.78, 5) is 25.8. The highest BCUT2D eigenvalue weighted by Gasteiger charge is 2.29. The van der Waals surface area contributed by atoms with Gasteiger partial charge >= 0.3 is 0 Å². The fourth-order valence-electron chi connectivity index (χ4n) is 2.40. The van der Waals surface area contributed by atoms with Crippen molar-refractivity contribution in [1.29, 1.82) is 0 Å². The lowest BCUT2D eigenvalue weighted by molar-refractivity contribution is -0.125. The van der Waals surface area contributed by atoms with Crippen LogP contribution in [-0.4, -0.2) is 25.0 Å². The monoisotopic (exact) mass is 330 g/mol. The highest BCUT2D eigenvalue weighted by molar-refractivity contribution is 6.30. The minimum absolute atomic E-state index is 0.115. The molecule has 0 fully saturated rings. The van der Waals surface area contributed by atoms with Crippen molar-refractivity contribution in [3.05, 3.63) is 53.1 Å². The summed E-state index contributed by atoms with van der Waals surface area (Å²) in [6, 6.07) is 11.9. The maximum atomic E-state index is 12.3. The van der Waals surface area contributed by atoms with Crippen LogP contribution in [0.25, 0.3) is 0 Å². The normalized spacial score (nSPS) is 16.6. The lowest BCUT2D eigenvalue weighted by Crippen LogP contribution is -2.42. The van der Waals surface area contributed by atoms with Crippen molar-refractivity contribution in [2.45, 2.75) is 13.0 Å². The van der Waals surface area contributed by atoms with E-state index in [1.54, 1.807) is 56.4 Å². The van der Waals surface area contributed by atoms with Crippen LogP contribution in [0.3, 0.4) is 0 Å². The van der Waals surface area contributed by atoms with Crippen LogP contribution in [0.2, 0.25) is 5.02 Å². The molecule has 2 aromatic carbocycles. The van der Waals surface area contributed by atoms with E-state index >= 15 is 0 Å². The van der Waals surface area contributed by atoms with Crippen LogP contribution in [0.5, 0.6) is 5.75 Å². The number of carbonyl (C=O) groups is 2. The van der Waals surface area contributed by atoms with Gasteiger partial charge in [0.05, 0.1) is 5.69 Å². The van der Waals surface area contributed by atoms with Crippen molar-refractivity contribution >= 4 is 34.8 Å². The zero-order valence-electron chi connectivity index (χ0n) is 12.7. The third kappa shape index (κ3) is 3.00. The predicted molar refractivity (Wildman–Crippen MR) is 89.3 cm³/mol. The number of nitrogens with one attached hydrogen (secondary N) is 1. The zero-order valence-corrected chi connectivity index (χ0v) is 13.4. The van der Waals surface area contributed by atoms with Gasteiger partial charge in [-0.15, -0.1) is 0 Å². The molecule has 2 aromatic rings. The molecule has 6 heteroatoms. The first kappa shape index (κ1) is 15.4. The number of likely N-dealkylation sites (N-methyl/N-ethyl adjacent to an activating group) is 1. The number of ether oxygens (including phenoxy) is 1. The van der Waals surface area contributed by atoms with E-state index in [-0.39, 0.29) is 11.8 Å². The van der Waals surface area contributed by atoms with Crippen LogP contribution in [0.15, 0.2) is 42.5 Å². The molecule has 1 N–H and O–H groups in total. The molecule has 1 unspecified atom stereocenters. The lowest BCUT2D eigenvalue weighted by atomic mass is 10.1. The van der Waals surface area contributed by atoms with Gasteiger partial charge in [-0.25, -0.2) is 0 Å². The molecule has 1 aliphatic heterocycles. The van der Waals surface area contributed by atoms with E-state index < -0.39 is 6.10 Å². The van der Waals surface area contributed by atoms with Crippen molar-refractivity contribution in [2.75, 3.05) is 17.3 Å². The molecule has 0 radical (unpaired) electrons. The number of hydrogen-bond acceptors (Lipinski definition) is 3. The van der Waals surface area contributed by atoms with Gasteiger partial charge in [0.15, 0.2) is 6.10 Å². The van der Waals surface area contributed by atoms with Crippen LogP contribution in [-0.2, 0) is 4.79 Å². The Kier molecular flexibility index (Phi) is 3.96. The Labute approximate surface area is 138 Å². The molecule has 118 valence electrons. The fourth-order valence-corrected chi connectivity index (χ4v) is 2.52. The third-order valence-electron chi connectivity index (χ3n) is 3.67. The molecule has 1 atom stereocenters. The molecule has 0 bridgehead atoms. The molecule has 0 saturated heterocycles. The Balaban J connectivity index is 1.84. The number of amides is 2. The Morgan fingerprint density at radius 1 is 1.22 bits per heavy atom. The highest BCUT2D eigenvalue weighted by atomic mass is 35.5. The molecule has 1 heterocycles. The minimum Gasteiger partial charge on any atom is -0.479 e. The summed E-state index contributed by atoms with van der Waals surface area (Å²) in [6.07, 6.45) is -0.568. The third-order valence-corrected chi connectivity index (χ3v) is 3.92. The first-order valence-corrected chi connectivity index (χ1v) is 7.48. The zero-order chi connectivity index (χ0) is 16.6. The smallest absolute Gasteiger partial charge is 0.267 e. The van der Waals surface area contributed by atoms with Crippen molar-refractivity contribution in [3.63, 3.8) is 0 Å². The largest absolute Gasteiger partial charge is 0.479 e. The molecular weight excluding hydrogens is 316 g/mol. The SMILES string of the molecule is CC1Oc2cc(C(=O)Nc3ccc(Cl)cc3)ccc2N(C)C1=O. The standard InChI is InChI=1S/C17H15ClN2O3/c1-10-17(22)20(2)14-8-3-11(9-15(14)23-10)16(21)19-13-6-4-12(18)5-7-13/h3-10H,1-2H3,(H,19,21). The summed E-state index contributed by atoms with van der Waals surface area (Å²) in [5.74, 6) is 0.144. The fraction of sp³-hybridized carbons (Fsp3) is 0.176. The number of nitrogens with zero attached hydrogens (tertiary/aromatic N) is 1. The number of carbonyl (C=O) groups excluding carboxylic acids is 2. The van der Waals surface area contributed by atoms with E-state index in [1.165, 1.54) is 4.90 Å². The van der Waals surface area contributed by atoms with Crippen LogP contribution in [0, 0.1) is 0 Å². The number of anilines is 2. The lowest BCUT2D eigenvalue weighted by Gasteiger charge is -2.30. The number of rotatable bonds is 2. The van der Waals surface area contributed by atoms with Crippen LogP contribution >= 0.6 is 11.6 Å². The molecule has 1 aliphatic rings. The summed E-state index contributed by atoms with van der Waals surface area (Å²) in [6.45, 7) is 1.68. The van der Waals surface area contributed by atoms with E-state index in [9.17, 15) is 9.59 Å². The van der Waals surface area contributed by atoms with E-state index in [2.05, 4.69) is 5.32 Å². The maximum absolute atomic E-state index is 12.3. The minimum atomic E-state index is -0.568.